The Morgan fingerprint density at radius 2 is 1.96 bits per heavy atom. The Kier molecular flexibility index (Phi) is 6.38. The highest BCUT2D eigenvalue weighted by atomic mass is 35.5. The summed E-state index contributed by atoms with van der Waals surface area (Å²) < 4.78 is 0. The van der Waals surface area contributed by atoms with Crippen LogP contribution in [0.1, 0.15) is 50.6 Å². The van der Waals surface area contributed by atoms with E-state index in [0.29, 0.717) is 15.7 Å². The first-order valence-corrected chi connectivity index (χ1v) is 9.76. The fraction of sp³-hybridized carbons (Fsp3) is 0.400. The first kappa shape index (κ1) is 19.0. The molecule has 0 radical (unpaired) electrons. The number of hydrogen-bond donors (Lipinski definition) is 1. The van der Waals surface area contributed by atoms with Gasteiger partial charge in [-0.2, -0.15) is 0 Å². The third-order valence-corrected chi connectivity index (χ3v) is 5.70. The molecule has 1 aromatic carbocycles. The predicted octanol–water partition coefficient (Wildman–Crippen LogP) is 6.32. The lowest BCUT2D eigenvalue weighted by Gasteiger charge is -2.38. The molecule has 138 valence electrons. The normalized spacial score (nSPS) is 16.1. The van der Waals surface area contributed by atoms with Crippen molar-refractivity contribution >= 4 is 34.9 Å². The molecule has 1 aliphatic rings. The highest BCUT2D eigenvalue weighted by Gasteiger charge is 2.30. The van der Waals surface area contributed by atoms with Crippen LogP contribution in [0.25, 0.3) is 0 Å². The number of aromatic nitrogens is 1. The van der Waals surface area contributed by atoms with Crippen molar-refractivity contribution in [1.29, 1.82) is 0 Å². The fourth-order valence-corrected chi connectivity index (χ4v) is 3.86. The van der Waals surface area contributed by atoms with Crippen LogP contribution in [0.4, 0.5) is 10.5 Å². The summed E-state index contributed by atoms with van der Waals surface area (Å²) in [4.78, 5) is 19.3. The number of urea groups is 1. The monoisotopic (exact) mass is 391 g/mol. The van der Waals surface area contributed by atoms with Gasteiger partial charge in [-0.15, -0.1) is 0 Å². The van der Waals surface area contributed by atoms with E-state index in [4.69, 9.17) is 23.2 Å². The van der Waals surface area contributed by atoms with Gasteiger partial charge in [0.05, 0.1) is 16.1 Å². The molecule has 2 amide bonds. The van der Waals surface area contributed by atoms with Crippen molar-refractivity contribution in [2.24, 2.45) is 0 Å². The second kappa shape index (κ2) is 8.74. The Labute approximate surface area is 164 Å². The number of halogens is 2. The standard InChI is InChI=1S/C20H23Cl2N3O/c1-14(15-6-5-11-23-13-15)25(17-7-3-2-4-8-17)20(26)24-16-9-10-18(21)19(22)12-16/h5-6,9-14,17H,2-4,7-8H2,1H3,(H,24,26). The lowest BCUT2D eigenvalue weighted by atomic mass is 9.92. The maximum Gasteiger partial charge on any atom is 0.322 e. The molecule has 6 heteroatoms. The van der Waals surface area contributed by atoms with Crippen LogP contribution in [0.5, 0.6) is 0 Å². The molecule has 1 atom stereocenters. The molecule has 0 aliphatic heterocycles. The van der Waals surface area contributed by atoms with Gasteiger partial charge < -0.3 is 10.2 Å². The third-order valence-electron chi connectivity index (χ3n) is 4.96. The number of amides is 2. The van der Waals surface area contributed by atoms with Crippen LogP contribution >= 0.6 is 23.2 Å². The summed E-state index contributed by atoms with van der Waals surface area (Å²) in [6.45, 7) is 2.06. The van der Waals surface area contributed by atoms with Gasteiger partial charge in [0, 0.05) is 24.1 Å². The van der Waals surface area contributed by atoms with Gasteiger partial charge in [0.25, 0.3) is 0 Å². The van der Waals surface area contributed by atoms with Crippen LogP contribution in [-0.2, 0) is 0 Å². The molecule has 4 nitrogen and oxygen atoms in total. The summed E-state index contributed by atoms with van der Waals surface area (Å²) >= 11 is 12.0. The molecular weight excluding hydrogens is 369 g/mol. The molecule has 1 unspecified atom stereocenters. The minimum Gasteiger partial charge on any atom is -0.315 e. The first-order chi connectivity index (χ1) is 12.6. The van der Waals surface area contributed by atoms with Crippen LogP contribution in [0.2, 0.25) is 10.0 Å². The van der Waals surface area contributed by atoms with Gasteiger partial charge in [0.15, 0.2) is 0 Å². The number of nitrogens with one attached hydrogen (secondary N) is 1. The molecule has 1 aromatic heterocycles. The Bertz CT molecular complexity index is 748. The fourth-order valence-electron chi connectivity index (χ4n) is 3.56. The zero-order valence-electron chi connectivity index (χ0n) is 14.8. The van der Waals surface area contributed by atoms with Crippen molar-refractivity contribution in [2.75, 3.05) is 5.32 Å². The van der Waals surface area contributed by atoms with Crippen LogP contribution in [-0.4, -0.2) is 22.0 Å². The van der Waals surface area contributed by atoms with Crippen LogP contribution < -0.4 is 5.32 Å². The molecule has 0 bridgehead atoms. The third kappa shape index (κ3) is 4.49. The quantitative estimate of drug-likeness (QED) is 0.662. The van der Waals surface area contributed by atoms with Gasteiger partial charge in [-0.1, -0.05) is 48.5 Å². The molecule has 1 aliphatic carbocycles. The summed E-state index contributed by atoms with van der Waals surface area (Å²) in [5, 5.41) is 3.88. The highest BCUT2D eigenvalue weighted by molar-refractivity contribution is 6.42. The molecule has 0 saturated heterocycles. The van der Waals surface area contributed by atoms with Crippen molar-refractivity contribution in [2.45, 2.75) is 51.1 Å². The molecule has 1 saturated carbocycles. The average molecular weight is 392 g/mol. The molecule has 26 heavy (non-hydrogen) atoms. The minimum absolute atomic E-state index is 0.0606. The van der Waals surface area contributed by atoms with E-state index in [0.717, 1.165) is 31.2 Å². The van der Waals surface area contributed by atoms with Crippen LogP contribution in [0, 0.1) is 0 Å². The van der Waals surface area contributed by atoms with Gasteiger partial charge in [0.2, 0.25) is 0 Å². The number of anilines is 1. The van der Waals surface area contributed by atoms with Crippen LogP contribution in [0.3, 0.4) is 0 Å². The lowest BCUT2D eigenvalue weighted by Crippen LogP contribution is -2.45. The summed E-state index contributed by atoms with van der Waals surface area (Å²) in [6, 6.07) is 9.09. The molecule has 1 N–H and O–H groups in total. The molecular formula is C20H23Cl2N3O. The minimum atomic E-state index is -0.119. The number of benzene rings is 1. The summed E-state index contributed by atoms with van der Waals surface area (Å²) in [5.41, 5.74) is 1.67. The molecule has 2 aromatic rings. The Hall–Kier alpha value is -1.78. The SMILES string of the molecule is CC(c1cccnc1)N(C(=O)Nc1ccc(Cl)c(Cl)c1)C1CCCCC1. The molecule has 0 spiro atoms. The number of rotatable bonds is 4. The summed E-state index contributed by atoms with van der Waals surface area (Å²) in [6.07, 6.45) is 9.17. The molecule has 1 fully saturated rings. The van der Waals surface area contributed by atoms with Gasteiger partial charge in [-0.3, -0.25) is 4.98 Å². The average Bonchev–Trinajstić information content (AvgIpc) is 2.66. The highest BCUT2D eigenvalue weighted by Crippen LogP contribution is 2.31. The maximum absolute atomic E-state index is 13.1. The summed E-state index contributed by atoms with van der Waals surface area (Å²) in [5.74, 6) is 0. The van der Waals surface area contributed by atoms with E-state index in [2.05, 4.69) is 17.2 Å². The lowest BCUT2D eigenvalue weighted by molar-refractivity contribution is 0.139. The number of carbonyl (C=O) groups excluding carboxylic acids is 1. The van der Waals surface area contributed by atoms with E-state index in [1.165, 1.54) is 6.42 Å². The van der Waals surface area contributed by atoms with Crippen molar-refractivity contribution in [3.63, 3.8) is 0 Å². The smallest absolute Gasteiger partial charge is 0.315 e. The number of nitrogens with zero attached hydrogens (tertiary/aromatic N) is 2. The summed E-state index contributed by atoms with van der Waals surface area (Å²) in [7, 11) is 0. The van der Waals surface area contributed by atoms with Crippen molar-refractivity contribution in [3.8, 4) is 0 Å². The first-order valence-electron chi connectivity index (χ1n) is 9.00. The van der Waals surface area contributed by atoms with E-state index in [1.807, 2.05) is 23.2 Å². The van der Waals surface area contributed by atoms with E-state index in [-0.39, 0.29) is 18.1 Å². The van der Waals surface area contributed by atoms with Gasteiger partial charge in [0.1, 0.15) is 0 Å². The van der Waals surface area contributed by atoms with Crippen molar-refractivity contribution in [3.05, 3.63) is 58.3 Å². The van der Waals surface area contributed by atoms with Gasteiger partial charge in [-0.25, -0.2) is 4.79 Å². The van der Waals surface area contributed by atoms with Gasteiger partial charge in [-0.05, 0) is 49.6 Å². The van der Waals surface area contributed by atoms with Crippen LogP contribution in [0.15, 0.2) is 42.7 Å². The molecule has 3 rings (SSSR count). The Balaban J connectivity index is 1.83. The van der Waals surface area contributed by atoms with Gasteiger partial charge >= 0.3 is 6.03 Å². The maximum atomic E-state index is 13.1. The molecule has 1 heterocycles. The number of hydrogen-bond acceptors (Lipinski definition) is 2. The Morgan fingerprint density at radius 1 is 1.19 bits per heavy atom. The zero-order chi connectivity index (χ0) is 18.5. The predicted molar refractivity (Wildman–Crippen MR) is 107 cm³/mol. The largest absolute Gasteiger partial charge is 0.322 e. The van der Waals surface area contributed by atoms with E-state index < -0.39 is 0 Å². The number of pyridine rings is 1. The Morgan fingerprint density at radius 3 is 2.62 bits per heavy atom. The topological polar surface area (TPSA) is 45.2 Å². The number of carbonyl (C=O) groups is 1. The van der Waals surface area contributed by atoms with E-state index >= 15 is 0 Å². The van der Waals surface area contributed by atoms with Crippen molar-refractivity contribution < 1.29 is 4.79 Å². The van der Waals surface area contributed by atoms with E-state index in [1.54, 1.807) is 24.4 Å². The zero-order valence-corrected chi connectivity index (χ0v) is 16.3. The van der Waals surface area contributed by atoms with Crippen molar-refractivity contribution in [1.82, 2.24) is 9.88 Å². The second-order valence-electron chi connectivity index (χ2n) is 6.72. The van der Waals surface area contributed by atoms with E-state index in [9.17, 15) is 4.79 Å². The second-order valence-corrected chi connectivity index (χ2v) is 7.53.